The number of amides is 7. The van der Waals surface area contributed by atoms with Crippen LogP contribution in [-0.2, 0) is 49.1 Å². The van der Waals surface area contributed by atoms with Crippen molar-refractivity contribution >= 4 is 49.2 Å². The fourth-order valence-corrected chi connectivity index (χ4v) is 7.31. The van der Waals surface area contributed by atoms with Gasteiger partial charge in [-0.2, -0.15) is 0 Å². The zero-order valence-electron chi connectivity index (χ0n) is 34.5. The number of phosphoric acid groups is 1. The van der Waals surface area contributed by atoms with Gasteiger partial charge in [-0.1, -0.05) is 63.4 Å². The highest BCUT2D eigenvalue weighted by Gasteiger charge is 2.37. The Kier molecular flexibility index (Phi) is 22.3. The molecule has 1 aliphatic rings. The number of rotatable bonds is 27. The van der Waals surface area contributed by atoms with Gasteiger partial charge in [0.15, 0.2) is 0 Å². The summed E-state index contributed by atoms with van der Waals surface area (Å²) in [7, 11) is -5.11. The molecule has 0 unspecified atom stereocenters. The lowest BCUT2D eigenvalue weighted by Gasteiger charge is -2.28. The third-order valence-electron chi connectivity index (χ3n) is 9.83. The molecule has 20 heteroatoms. The Hall–Kier alpha value is -4.42. The number of primary amides is 1. The van der Waals surface area contributed by atoms with Gasteiger partial charge in [0, 0.05) is 26.4 Å². The molecule has 0 spiro atoms. The summed E-state index contributed by atoms with van der Waals surface area (Å²) in [6, 6.07) is 3.49. The van der Waals surface area contributed by atoms with Gasteiger partial charge in [-0.05, 0) is 69.8 Å². The molecule has 1 aromatic carbocycles. The van der Waals surface area contributed by atoms with Gasteiger partial charge < -0.3 is 52.1 Å². The number of nitrogens with two attached hydrogens (primary N) is 1. The smallest absolute Gasteiger partial charge is 0.394 e. The molecule has 1 aromatic rings. The third kappa shape index (κ3) is 19.5. The SMILES string of the molecule is CC(=O)N1CCC[C@H]1C(=O)N[C@@H](CC(C)C)C(=O)N[C@@H](CCCNC(=O)CCCCCCCc1ccccc1)C(=O)N[C@@H](CO)C(=O)N[C@H](C(N)=O)[C@@H](C)OP(=O)(O)O. The molecule has 1 heterocycles. The van der Waals surface area contributed by atoms with Crippen LogP contribution in [0.3, 0.4) is 0 Å². The van der Waals surface area contributed by atoms with Crippen molar-refractivity contribution in [2.45, 2.75) is 141 Å². The van der Waals surface area contributed by atoms with Crippen molar-refractivity contribution in [2.24, 2.45) is 11.7 Å². The van der Waals surface area contributed by atoms with Crippen LogP contribution in [0.1, 0.15) is 104 Å². The highest BCUT2D eigenvalue weighted by atomic mass is 31.2. The maximum Gasteiger partial charge on any atom is 0.469 e. The number of benzene rings is 1. The summed E-state index contributed by atoms with van der Waals surface area (Å²) in [6.45, 7) is 5.63. The first-order valence-corrected chi connectivity index (χ1v) is 21.8. The number of hydrogen-bond acceptors (Lipinski definition) is 10. The van der Waals surface area contributed by atoms with E-state index >= 15 is 0 Å². The van der Waals surface area contributed by atoms with Crippen LogP contribution < -0.4 is 32.3 Å². The number of unbranched alkanes of at least 4 members (excludes halogenated alkanes) is 4. The highest BCUT2D eigenvalue weighted by Crippen LogP contribution is 2.38. The molecule has 7 amide bonds. The summed E-state index contributed by atoms with van der Waals surface area (Å²) in [5, 5.41) is 22.6. The van der Waals surface area contributed by atoms with Crippen molar-refractivity contribution in [3.63, 3.8) is 0 Å². The van der Waals surface area contributed by atoms with E-state index in [-0.39, 0.29) is 43.5 Å². The topological polar surface area (TPSA) is 296 Å². The Morgan fingerprint density at radius 1 is 0.847 bits per heavy atom. The van der Waals surface area contributed by atoms with Crippen LogP contribution in [0.4, 0.5) is 0 Å². The molecular weight excluding hydrogens is 789 g/mol. The van der Waals surface area contributed by atoms with Gasteiger partial charge in [-0.3, -0.25) is 38.1 Å². The molecule has 332 valence electrons. The van der Waals surface area contributed by atoms with E-state index in [2.05, 4.69) is 43.2 Å². The van der Waals surface area contributed by atoms with E-state index in [1.54, 1.807) is 0 Å². The zero-order valence-corrected chi connectivity index (χ0v) is 35.4. The molecule has 0 aromatic heterocycles. The average molecular weight is 854 g/mol. The van der Waals surface area contributed by atoms with Crippen molar-refractivity contribution in [1.29, 1.82) is 0 Å². The lowest BCUT2D eigenvalue weighted by atomic mass is 10.0. The van der Waals surface area contributed by atoms with Crippen LogP contribution in [0.15, 0.2) is 30.3 Å². The van der Waals surface area contributed by atoms with E-state index in [9.17, 15) is 43.2 Å². The van der Waals surface area contributed by atoms with Crippen LogP contribution in [0.2, 0.25) is 0 Å². The van der Waals surface area contributed by atoms with E-state index in [0.29, 0.717) is 32.2 Å². The van der Waals surface area contributed by atoms with Gasteiger partial charge in [0.1, 0.15) is 30.2 Å². The number of nitrogens with one attached hydrogen (secondary N) is 5. The number of likely N-dealkylation sites (tertiary alicyclic amines) is 1. The lowest BCUT2D eigenvalue weighted by molar-refractivity contribution is -0.139. The van der Waals surface area contributed by atoms with Crippen molar-refractivity contribution in [2.75, 3.05) is 19.7 Å². The number of carbonyl (C=O) groups excluding carboxylic acids is 7. The fourth-order valence-electron chi connectivity index (χ4n) is 6.76. The second kappa shape index (κ2) is 25.9. The molecule has 6 atom stereocenters. The molecule has 1 saturated heterocycles. The standard InChI is InChI=1S/C39H64N7O12P/c1-25(2)23-30(43-39(54)32-19-14-22-46(32)27(4)48)37(52)42-29(18-13-21-41-33(49)20-12-7-5-6-9-15-28-16-10-8-11-17-28)36(51)44-31(24-47)38(53)45-34(35(40)50)26(3)58-59(55,56)57/h8,10-11,16-17,25-26,29-32,34,47H,5-7,9,12-15,18-24H2,1-4H3,(H2,40,50)(H,41,49)(H,42,52)(H,43,54)(H,44,51)(H,45,53)(H2,55,56,57)/t26-,29+,30+,31+,32+,34+/m1/s1. The Labute approximate surface area is 345 Å². The second-order valence-corrected chi connectivity index (χ2v) is 16.5. The number of carbonyl (C=O) groups is 7. The Morgan fingerprint density at radius 3 is 2.07 bits per heavy atom. The molecule has 19 nitrogen and oxygen atoms in total. The third-order valence-corrected chi connectivity index (χ3v) is 10.4. The van der Waals surface area contributed by atoms with Gasteiger partial charge in [-0.15, -0.1) is 0 Å². The second-order valence-electron chi connectivity index (χ2n) is 15.3. The van der Waals surface area contributed by atoms with Crippen LogP contribution in [0, 0.1) is 5.92 Å². The van der Waals surface area contributed by atoms with Gasteiger partial charge >= 0.3 is 7.82 Å². The summed E-state index contributed by atoms with van der Waals surface area (Å²) >= 11 is 0. The fraction of sp³-hybridized carbons (Fsp3) is 0.667. The number of aliphatic hydroxyl groups is 1. The maximum atomic E-state index is 13.8. The summed E-state index contributed by atoms with van der Waals surface area (Å²) in [4.78, 5) is 110. The van der Waals surface area contributed by atoms with Crippen LogP contribution in [0.25, 0.3) is 0 Å². The highest BCUT2D eigenvalue weighted by molar-refractivity contribution is 7.46. The maximum absolute atomic E-state index is 13.8. The number of phosphoric ester groups is 1. The van der Waals surface area contributed by atoms with Crippen molar-refractivity contribution in [1.82, 2.24) is 31.5 Å². The van der Waals surface area contributed by atoms with E-state index in [1.807, 2.05) is 32.0 Å². The number of aliphatic hydroxyl groups excluding tert-OH is 1. The van der Waals surface area contributed by atoms with Crippen LogP contribution in [-0.4, -0.2) is 117 Å². The summed E-state index contributed by atoms with van der Waals surface area (Å²) in [5.74, 6) is -5.11. The molecule has 59 heavy (non-hydrogen) atoms. The molecule has 2 rings (SSSR count). The number of aryl methyl sites for hydroxylation is 1. The van der Waals surface area contributed by atoms with E-state index in [4.69, 9.17) is 15.5 Å². The van der Waals surface area contributed by atoms with Crippen molar-refractivity contribution in [3.8, 4) is 0 Å². The summed E-state index contributed by atoms with van der Waals surface area (Å²) in [5.41, 5.74) is 6.60. The summed E-state index contributed by atoms with van der Waals surface area (Å²) in [6.07, 6.45) is 5.77. The molecule has 10 N–H and O–H groups in total. The summed E-state index contributed by atoms with van der Waals surface area (Å²) < 4.78 is 15.8. The Balaban J connectivity index is 2.09. The molecule has 0 radical (unpaired) electrons. The number of nitrogens with zero attached hydrogens (tertiary/aromatic N) is 1. The predicted molar refractivity (Wildman–Crippen MR) is 217 cm³/mol. The Bertz CT molecular complexity index is 1590. The van der Waals surface area contributed by atoms with Gasteiger partial charge in [0.2, 0.25) is 41.4 Å². The first kappa shape index (κ1) is 50.7. The average Bonchev–Trinajstić information content (AvgIpc) is 3.67. The van der Waals surface area contributed by atoms with E-state index in [1.165, 1.54) is 17.4 Å². The zero-order chi connectivity index (χ0) is 44.1. The first-order chi connectivity index (χ1) is 27.8. The molecule has 0 bridgehead atoms. The largest absolute Gasteiger partial charge is 0.469 e. The van der Waals surface area contributed by atoms with Gasteiger partial charge in [-0.25, -0.2) is 4.57 Å². The van der Waals surface area contributed by atoms with Gasteiger partial charge in [0.05, 0.1) is 12.7 Å². The van der Waals surface area contributed by atoms with Crippen LogP contribution in [0.5, 0.6) is 0 Å². The molecular formula is C39H64N7O12P. The lowest BCUT2D eigenvalue weighted by Crippen LogP contribution is -2.60. The van der Waals surface area contributed by atoms with E-state index in [0.717, 1.165) is 39.0 Å². The van der Waals surface area contributed by atoms with Crippen LogP contribution >= 0.6 is 7.82 Å². The number of hydrogen-bond donors (Lipinski definition) is 9. The molecule has 0 aliphatic carbocycles. The predicted octanol–water partition coefficient (Wildman–Crippen LogP) is 0.438. The molecule has 1 aliphatic heterocycles. The van der Waals surface area contributed by atoms with Gasteiger partial charge in [0.25, 0.3) is 0 Å². The minimum atomic E-state index is -5.11. The minimum absolute atomic E-state index is 0.0564. The monoisotopic (exact) mass is 853 g/mol. The van der Waals surface area contributed by atoms with Crippen molar-refractivity contribution in [3.05, 3.63) is 35.9 Å². The quantitative estimate of drug-likeness (QED) is 0.0431. The first-order valence-electron chi connectivity index (χ1n) is 20.3. The molecule has 0 saturated carbocycles. The normalized spacial score (nSPS) is 16.6. The van der Waals surface area contributed by atoms with E-state index < -0.39 is 80.3 Å². The Morgan fingerprint density at radius 2 is 1.46 bits per heavy atom. The molecule has 1 fully saturated rings. The van der Waals surface area contributed by atoms with Crippen molar-refractivity contribution < 1.29 is 57.5 Å². The minimum Gasteiger partial charge on any atom is -0.394 e.